The van der Waals surface area contributed by atoms with Crippen LogP contribution in [0.1, 0.15) is 28.5 Å². The number of carbonyl (C=O) groups is 1. The van der Waals surface area contributed by atoms with E-state index in [0.29, 0.717) is 10.6 Å². The second-order valence-corrected chi connectivity index (χ2v) is 6.07. The molecule has 6 heteroatoms. The van der Waals surface area contributed by atoms with Gasteiger partial charge < -0.3 is 9.64 Å². The maximum absolute atomic E-state index is 13.9. The number of nitrogens with zero attached hydrogens (tertiary/aromatic N) is 2. The van der Waals surface area contributed by atoms with E-state index in [0.717, 1.165) is 5.01 Å². The second kappa shape index (κ2) is 6.22. The Bertz CT molecular complexity index is 655. The lowest BCUT2D eigenvalue weighted by atomic mass is 10.2. The highest BCUT2D eigenvalue weighted by atomic mass is 32.1. The van der Waals surface area contributed by atoms with Crippen molar-refractivity contribution in [1.82, 2.24) is 4.98 Å². The highest BCUT2D eigenvalue weighted by Crippen LogP contribution is 2.27. The topological polar surface area (TPSA) is 42.4 Å². The summed E-state index contributed by atoms with van der Waals surface area (Å²) in [6, 6.07) is 4.40. The predicted molar refractivity (Wildman–Crippen MR) is 81.7 cm³/mol. The summed E-state index contributed by atoms with van der Waals surface area (Å²) >= 11 is 1.33. The largest absolute Gasteiger partial charge is 0.494 e. The van der Waals surface area contributed by atoms with Crippen molar-refractivity contribution in [3.63, 3.8) is 0 Å². The van der Waals surface area contributed by atoms with Crippen LogP contribution in [0.15, 0.2) is 24.4 Å². The highest BCUT2D eigenvalue weighted by molar-refractivity contribution is 7.13. The van der Waals surface area contributed by atoms with E-state index in [1.807, 2.05) is 20.8 Å². The van der Waals surface area contributed by atoms with Gasteiger partial charge in [0.15, 0.2) is 11.6 Å². The third-order valence-corrected chi connectivity index (χ3v) is 3.88. The third-order valence-electron chi connectivity index (χ3n) is 2.98. The average molecular weight is 308 g/mol. The first-order chi connectivity index (χ1) is 9.93. The minimum Gasteiger partial charge on any atom is -0.494 e. The molecule has 0 aliphatic carbocycles. The number of benzene rings is 1. The van der Waals surface area contributed by atoms with E-state index in [9.17, 15) is 9.18 Å². The number of rotatable bonds is 4. The van der Waals surface area contributed by atoms with Crippen molar-refractivity contribution >= 4 is 22.9 Å². The van der Waals surface area contributed by atoms with Crippen molar-refractivity contribution in [1.29, 1.82) is 0 Å². The van der Waals surface area contributed by atoms with Crippen LogP contribution in [0.3, 0.4) is 0 Å². The molecular weight excluding hydrogens is 291 g/mol. The number of aryl methyl sites for hydroxylation is 1. The lowest BCUT2D eigenvalue weighted by Gasteiger charge is -2.26. The van der Waals surface area contributed by atoms with Crippen LogP contribution in [0.5, 0.6) is 5.75 Å². The number of amides is 1. The van der Waals surface area contributed by atoms with Crippen LogP contribution in [-0.4, -0.2) is 24.0 Å². The molecule has 112 valence electrons. The van der Waals surface area contributed by atoms with E-state index in [1.165, 1.54) is 30.6 Å². The number of ether oxygens (including phenoxy) is 1. The molecule has 0 saturated heterocycles. The monoisotopic (exact) mass is 308 g/mol. The number of halogens is 1. The molecule has 0 aliphatic heterocycles. The molecule has 1 heterocycles. The van der Waals surface area contributed by atoms with Gasteiger partial charge in [-0.1, -0.05) is 0 Å². The first-order valence-electron chi connectivity index (χ1n) is 6.53. The minimum absolute atomic E-state index is 0.104. The molecule has 1 amide bonds. The van der Waals surface area contributed by atoms with Gasteiger partial charge in [0.25, 0.3) is 5.91 Å². The van der Waals surface area contributed by atoms with Crippen LogP contribution in [0.2, 0.25) is 0 Å². The maximum Gasteiger partial charge on any atom is 0.270 e. The first-order valence-corrected chi connectivity index (χ1v) is 7.35. The fourth-order valence-corrected chi connectivity index (χ4v) is 2.75. The third kappa shape index (κ3) is 3.21. The molecule has 2 aromatic rings. The molecule has 0 unspecified atom stereocenters. The van der Waals surface area contributed by atoms with Gasteiger partial charge in [-0.25, -0.2) is 9.37 Å². The van der Waals surface area contributed by atoms with Crippen molar-refractivity contribution < 1.29 is 13.9 Å². The molecule has 0 spiro atoms. The summed E-state index contributed by atoms with van der Waals surface area (Å²) in [6.07, 6.45) is 1.55. The fourth-order valence-electron chi connectivity index (χ4n) is 2.03. The Morgan fingerprint density at radius 3 is 2.62 bits per heavy atom. The van der Waals surface area contributed by atoms with Gasteiger partial charge in [0, 0.05) is 17.8 Å². The number of carbonyl (C=O) groups excluding carboxylic acids is 1. The van der Waals surface area contributed by atoms with Crippen LogP contribution in [0, 0.1) is 12.7 Å². The molecule has 0 atom stereocenters. The number of thiazole rings is 1. The van der Waals surface area contributed by atoms with Gasteiger partial charge >= 0.3 is 0 Å². The number of methoxy groups -OCH3 is 1. The van der Waals surface area contributed by atoms with E-state index in [-0.39, 0.29) is 17.7 Å². The molecule has 0 bridgehead atoms. The Hall–Kier alpha value is -1.95. The molecule has 2 rings (SSSR count). The van der Waals surface area contributed by atoms with Gasteiger partial charge in [-0.2, -0.15) is 0 Å². The van der Waals surface area contributed by atoms with Crippen LogP contribution < -0.4 is 9.64 Å². The normalized spacial score (nSPS) is 10.8. The van der Waals surface area contributed by atoms with Gasteiger partial charge in [0.1, 0.15) is 4.88 Å². The lowest BCUT2D eigenvalue weighted by Crippen LogP contribution is -2.36. The molecule has 0 aliphatic rings. The van der Waals surface area contributed by atoms with E-state index in [2.05, 4.69) is 4.98 Å². The quantitative estimate of drug-likeness (QED) is 0.865. The van der Waals surface area contributed by atoms with Gasteiger partial charge in [-0.05, 0) is 32.9 Å². The van der Waals surface area contributed by atoms with Crippen molar-refractivity contribution in [2.24, 2.45) is 0 Å². The Labute approximate surface area is 127 Å². The number of anilines is 1. The summed E-state index contributed by atoms with van der Waals surface area (Å²) in [4.78, 5) is 18.8. The van der Waals surface area contributed by atoms with Crippen LogP contribution in [0.25, 0.3) is 0 Å². The molecular formula is C15H17FN2O2S. The van der Waals surface area contributed by atoms with E-state index in [4.69, 9.17) is 4.74 Å². The minimum atomic E-state index is -0.492. The number of hydrogen-bond acceptors (Lipinski definition) is 4. The van der Waals surface area contributed by atoms with Crippen LogP contribution >= 0.6 is 11.3 Å². The SMILES string of the molecule is COc1ccc(N(C(=O)c2cnc(C)s2)C(C)C)cc1F. The van der Waals surface area contributed by atoms with E-state index < -0.39 is 5.82 Å². The zero-order valence-electron chi connectivity index (χ0n) is 12.4. The Kier molecular flexibility index (Phi) is 4.57. The van der Waals surface area contributed by atoms with Crippen molar-refractivity contribution in [2.75, 3.05) is 12.0 Å². The molecule has 0 radical (unpaired) electrons. The molecule has 1 aromatic carbocycles. The molecule has 1 aromatic heterocycles. The molecule has 0 N–H and O–H groups in total. The molecule has 0 saturated carbocycles. The van der Waals surface area contributed by atoms with Crippen molar-refractivity contribution in [3.8, 4) is 5.75 Å². The second-order valence-electron chi connectivity index (χ2n) is 4.83. The Morgan fingerprint density at radius 1 is 1.43 bits per heavy atom. The summed E-state index contributed by atoms with van der Waals surface area (Å²) in [5, 5.41) is 0.822. The van der Waals surface area contributed by atoms with Crippen molar-refractivity contribution in [2.45, 2.75) is 26.8 Å². The first kappa shape index (κ1) is 15.4. The summed E-state index contributed by atoms with van der Waals surface area (Å²) in [5.74, 6) is -0.516. The Morgan fingerprint density at radius 2 is 2.14 bits per heavy atom. The van der Waals surface area contributed by atoms with Crippen molar-refractivity contribution in [3.05, 3.63) is 40.1 Å². The zero-order valence-corrected chi connectivity index (χ0v) is 13.2. The summed E-state index contributed by atoms with van der Waals surface area (Å²) in [7, 11) is 1.41. The number of aromatic nitrogens is 1. The lowest BCUT2D eigenvalue weighted by molar-refractivity contribution is 0.0984. The molecule has 4 nitrogen and oxygen atoms in total. The highest BCUT2D eigenvalue weighted by Gasteiger charge is 2.23. The smallest absolute Gasteiger partial charge is 0.270 e. The zero-order chi connectivity index (χ0) is 15.6. The van der Waals surface area contributed by atoms with E-state index >= 15 is 0 Å². The summed E-state index contributed by atoms with van der Waals surface area (Å²) in [6.45, 7) is 5.61. The van der Waals surface area contributed by atoms with E-state index in [1.54, 1.807) is 17.2 Å². The summed E-state index contributed by atoms with van der Waals surface area (Å²) < 4.78 is 18.8. The standard InChI is InChI=1S/C15H17FN2O2S/c1-9(2)18(15(19)14-8-17-10(3)21-14)11-5-6-13(20-4)12(16)7-11/h5-9H,1-4H3. The van der Waals surface area contributed by atoms with Gasteiger partial charge in [-0.15, -0.1) is 11.3 Å². The van der Waals surface area contributed by atoms with Crippen LogP contribution in [-0.2, 0) is 0 Å². The molecule has 0 fully saturated rings. The van der Waals surface area contributed by atoms with Crippen LogP contribution in [0.4, 0.5) is 10.1 Å². The fraction of sp³-hybridized carbons (Fsp3) is 0.333. The van der Waals surface area contributed by atoms with Gasteiger partial charge in [0.05, 0.1) is 18.3 Å². The summed E-state index contributed by atoms with van der Waals surface area (Å²) in [5.41, 5.74) is 0.499. The molecule has 21 heavy (non-hydrogen) atoms. The number of hydrogen-bond donors (Lipinski definition) is 0. The van der Waals surface area contributed by atoms with Gasteiger partial charge in [-0.3, -0.25) is 4.79 Å². The predicted octanol–water partition coefficient (Wildman–Crippen LogP) is 3.65. The Balaban J connectivity index is 2.39. The average Bonchev–Trinajstić information content (AvgIpc) is 2.85. The maximum atomic E-state index is 13.9. The van der Waals surface area contributed by atoms with Gasteiger partial charge in [0.2, 0.25) is 0 Å².